The minimum atomic E-state index is -0.527. The zero-order valence-corrected chi connectivity index (χ0v) is 9.55. The molecular weight excluding hydrogens is 237 g/mol. The second-order valence-corrected chi connectivity index (χ2v) is 3.38. The van der Waals surface area contributed by atoms with E-state index < -0.39 is 11.7 Å². The molecular formula is C12H10FN3O2. The third-order valence-corrected chi connectivity index (χ3v) is 2.21. The number of nitrogens with zero attached hydrogens (tertiary/aromatic N) is 2. The zero-order chi connectivity index (χ0) is 13.0. The van der Waals surface area contributed by atoms with Crippen LogP contribution in [0.25, 0.3) is 0 Å². The lowest BCUT2D eigenvalue weighted by atomic mass is 10.3. The number of carbonyl (C=O) groups is 1. The minimum Gasteiger partial charge on any atom is -0.481 e. The largest absolute Gasteiger partial charge is 0.481 e. The van der Waals surface area contributed by atoms with Crippen molar-refractivity contribution in [1.29, 1.82) is 0 Å². The number of halogens is 1. The molecule has 0 atom stereocenters. The van der Waals surface area contributed by atoms with Crippen LogP contribution in [0, 0.1) is 5.82 Å². The van der Waals surface area contributed by atoms with Gasteiger partial charge < -0.3 is 10.1 Å². The second-order valence-electron chi connectivity index (χ2n) is 3.38. The first-order valence-corrected chi connectivity index (χ1v) is 5.12. The fourth-order valence-electron chi connectivity index (χ4n) is 1.32. The summed E-state index contributed by atoms with van der Waals surface area (Å²) in [5, 5.41) is 2.42. The maximum atomic E-state index is 13.3. The van der Waals surface area contributed by atoms with E-state index >= 15 is 0 Å². The summed E-state index contributed by atoms with van der Waals surface area (Å²) in [5.41, 5.74) is 0.199. The van der Waals surface area contributed by atoms with Gasteiger partial charge in [-0.05, 0) is 12.1 Å². The maximum absolute atomic E-state index is 13.3. The molecule has 5 nitrogen and oxygen atoms in total. The first-order chi connectivity index (χ1) is 8.70. The maximum Gasteiger partial charge on any atom is 0.274 e. The normalized spacial score (nSPS) is 9.89. The number of anilines is 1. The number of methoxy groups -OCH3 is 1. The molecule has 1 N–H and O–H groups in total. The molecule has 0 unspecified atom stereocenters. The van der Waals surface area contributed by atoms with Gasteiger partial charge in [0.2, 0.25) is 5.88 Å². The molecule has 1 aromatic carbocycles. The lowest BCUT2D eigenvalue weighted by Crippen LogP contribution is -2.14. The molecule has 0 bridgehead atoms. The SMILES string of the molecule is COc1cc(C(=O)Nc2ccccc2F)ncn1. The van der Waals surface area contributed by atoms with Crippen molar-refractivity contribution in [2.75, 3.05) is 12.4 Å². The van der Waals surface area contributed by atoms with Crippen LogP contribution in [0.5, 0.6) is 5.88 Å². The summed E-state index contributed by atoms with van der Waals surface area (Å²) in [5.74, 6) is -0.767. The van der Waals surface area contributed by atoms with Crippen LogP contribution in [0.2, 0.25) is 0 Å². The van der Waals surface area contributed by atoms with Gasteiger partial charge in [-0.2, -0.15) is 0 Å². The number of hydrogen-bond donors (Lipinski definition) is 1. The quantitative estimate of drug-likeness (QED) is 0.899. The van der Waals surface area contributed by atoms with Crippen molar-refractivity contribution in [3.8, 4) is 5.88 Å². The van der Waals surface area contributed by atoms with E-state index in [0.29, 0.717) is 0 Å². The summed E-state index contributed by atoms with van der Waals surface area (Å²) in [6, 6.07) is 7.26. The third kappa shape index (κ3) is 2.60. The second kappa shape index (κ2) is 5.22. The van der Waals surface area contributed by atoms with E-state index in [2.05, 4.69) is 15.3 Å². The number of aromatic nitrogens is 2. The molecule has 6 heteroatoms. The molecule has 1 aromatic heterocycles. The Morgan fingerprint density at radius 1 is 1.33 bits per heavy atom. The van der Waals surface area contributed by atoms with Crippen molar-refractivity contribution in [2.45, 2.75) is 0 Å². The smallest absolute Gasteiger partial charge is 0.274 e. The summed E-state index contributed by atoms with van der Waals surface area (Å²) in [4.78, 5) is 19.4. The fourth-order valence-corrected chi connectivity index (χ4v) is 1.32. The average molecular weight is 247 g/mol. The third-order valence-electron chi connectivity index (χ3n) is 2.21. The Morgan fingerprint density at radius 3 is 2.83 bits per heavy atom. The standard InChI is InChI=1S/C12H10FN3O2/c1-18-11-6-10(14-7-15-11)12(17)16-9-5-3-2-4-8(9)13/h2-7H,1H3,(H,16,17). The summed E-state index contributed by atoms with van der Waals surface area (Å²) < 4.78 is 18.2. The molecule has 0 saturated carbocycles. The summed E-state index contributed by atoms with van der Waals surface area (Å²) in [6.45, 7) is 0. The van der Waals surface area contributed by atoms with Gasteiger partial charge in [0.25, 0.3) is 5.91 Å². The van der Waals surface area contributed by atoms with E-state index in [-0.39, 0.29) is 17.3 Å². The van der Waals surface area contributed by atoms with Gasteiger partial charge in [0.15, 0.2) is 0 Å². The first kappa shape index (κ1) is 12.0. The number of benzene rings is 1. The van der Waals surface area contributed by atoms with Crippen LogP contribution < -0.4 is 10.1 Å². The van der Waals surface area contributed by atoms with Crippen LogP contribution in [-0.2, 0) is 0 Å². The van der Waals surface area contributed by atoms with E-state index in [1.54, 1.807) is 12.1 Å². The molecule has 0 radical (unpaired) electrons. The number of hydrogen-bond acceptors (Lipinski definition) is 4. The number of ether oxygens (including phenoxy) is 1. The summed E-state index contributed by atoms with van der Waals surface area (Å²) >= 11 is 0. The van der Waals surface area contributed by atoms with Crippen molar-refractivity contribution in [1.82, 2.24) is 9.97 Å². The van der Waals surface area contributed by atoms with Crippen LogP contribution >= 0.6 is 0 Å². The van der Waals surface area contributed by atoms with Crippen molar-refractivity contribution < 1.29 is 13.9 Å². The number of para-hydroxylation sites is 1. The van der Waals surface area contributed by atoms with E-state index in [1.807, 2.05) is 0 Å². The first-order valence-electron chi connectivity index (χ1n) is 5.12. The number of carbonyl (C=O) groups excluding carboxylic acids is 1. The van der Waals surface area contributed by atoms with Gasteiger partial charge in [-0.15, -0.1) is 0 Å². The Bertz CT molecular complexity index is 575. The van der Waals surface area contributed by atoms with Crippen LogP contribution in [0.1, 0.15) is 10.5 Å². The van der Waals surface area contributed by atoms with Crippen LogP contribution in [0.4, 0.5) is 10.1 Å². The van der Waals surface area contributed by atoms with Crippen molar-refractivity contribution >= 4 is 11.6 Å². The fraction of sp³-hybridized carbons (Fsp3) is 0.0833. The van der Waals surface area contributed by atoms with E-state index in [0.717, 1.165) is 0 Å². The molecule has 92 valence electrons. The van der Waals surface area contributed by atoms with E-state index in [4.69, 9.17) is 4.74 Å². The molecule has 0 spiro atoms. The highest BCUT2D eigenvalue weighted by Crippen LogP contribution is 2.14. The Balaban J connectivity index is 2.19. The highest BCUT2D eigenvalue weighted by molar-refractivity contribution is 6.03. The van der Waals surface area contributed by atoms with Crippen molar-refractivity contribution in [3.05, 3.63) is 48.2 Å². The molecule has 18 heavy (non-hydrogen) atoms. The lowest BCUT2D eigenvalue weighted by molar-refractivity contribution is 0.102. The van der Waals surface area contributed by atoms with Gasteiger partial charge in [0, 0.05) is 6.07 Å². The summed E-state index contributed by atoms with van der Waals surface area (Å²) in [7, 11) is 1.43. The van der Waals surface area contributed by atoms with Gasteiger partial charge in [-0.1, -0.05) is 12.1 Å². The van der Waals surface area contributed by atoms with Crippen molar-refractivity contribution in [3.63, 3.8) is 0 Å². The lowest BCUT2D eigenvalue weighted by Gasteiger charge is -2.06. The zero-order valence-electron chi connectivity index (χ0n) is 9.55. The summed E-state index contributed by atoms with van der Waals surface area (Å²) in [6.07, 6.45) is 1.20. The Hall–Kier alpha value is -2.50. The van der Waals surface area contributed by atoms with E-state index in [1.165, 1.54) is 31.6 Å². The Kier molecular flexibility index (Phi) is 3.47. The van der Waals surface area contributed by atoms with Gasteiger partial charge in [0.1, 0.15) is 17.8 Å². The molecule has 2 rings (SSSR count). The monoisotopic (exact) mass is 247 g/mol. The molecule has 0 fully saturated rings. The molecule has 0 aliphatic carbocycles. The predicted molar refractivity (Wildman–Crippen MR) is 62.9 cm³/mol. The molecule has 0 aliphatic rings. The average Bonchev–Trinajstić information content (AvgIpc) is 2.41. The molecule has 0 aliphatic heterocycles. The van der Waals surface area contributed by atoms with Crippen LogP contribution in [0.3, 0.4) is 0 Å². The van der Waals surface area contributed by atoms with Crippen molar-refractivity contribution in [2.24, 2.45) is 0 Å². The van der Waals surface area contributed by atoms with Gasteiger partial charge in [-0.3, -0.25) is 4.79 Å². The highest BCUT2D eigenvalue weighted by Gasteiger charge is 2.11. The number of amides is 1. The number of nitrogens with one attached hydrogen (secondary N) is 1. The van der Waals surface area contributed by atoms with Crippen LogP contribution in [0.15, 0.2) is 36.7 Å². The molecule has 0 saturated heterocycles. The predicted octanol–water partition coefficient (Wildman–Crippen LogP) is 1.88. The minimum absolute atomic E-state index is 0.0973. The topological polar surface area (TPSA) is 64.1 Å². The van der Waals surface area contributed by atoms with Crippen LogP contribution in [-0.4, -0.2) is 23.0 Å². The van der Waals surface area contributed by atoms with E-state index in [9.17, 15) is 9.18 Å². The Morgan fingerprint density at radius 2 is 2.11 bits per heavy atom. The van der Waals surface area contributed by atoms with Gasteiger partial charge in [-0.25, -0.2) is 14.4 Å². The number of rotatable bonds is 3. The molecule has 1 heterocycles. The molecule has 2 aromatic rings. The Labute approximate surface area is 103 Å². The van der Waals surface area contributed by atoms with Gasteiger partial charge in [0.05, 0.1) is 12.8 Å². The van der Waals surface area contributed by atoms with Gasteiger partial charge >= 0.3 is 0 Å². The highest BCUT2D eigenvalue weighted by atomic mass is 19.1. The molecule has 1 amide bonds.